The Balaban J connectivity index is 0.00000432. The summed E-state index contributed by atoms with van der Waals surface area (Å²) in [5.74, 6) is 4.40. The summed E-state index contributed by atoms with van der Waals surface area (Å²) < 4.78 is 0. The highest BCUT2D eigenvalue weighted by atomic mass is 14.6. The lowest BCUT2D eigenvalue weighted by Gasteiger charge is -2.51. The molecule has 3 rings (SSSR count). The molecule has 0 bridgehead atoms. The van der Waals surface area contributed by atoms with E-state index in [1.54, 1.807) is 5.57 Å². The maximum absolute atomic E-state index is 2.75. The van der Waals surface area contributed by atoms with Crippen LogP contribution in [0.2, 0.25) is 0 Å². The topological polar surface area (TPSA) is 0 Å². The summed E-state index contributed by atoms with van der Waals surface area (Å²) >= 11 is 0. The third-order valence-corrected chi connectivity index (χ3v) is 11.2. The summed E-state index contributed by atoms with van der Waals surface area (Å²) in [7, 11) is 0. The van der Waals surface area contributed by atoms with Gasteiger partial charge < -0.3 is 0 Å². The molecule has 34 heavy (non-hydrogen) atoms. The number of fused-ring (bicyclic) bond motifs is 3. The second-order valence-electron chi connectivity index (χ2n) is 13.6. The third-order valence-electron chi connectivity index (χ3n) is 11.2. The number of rotatable bonds is 6. The summed E-state index contributed by atoms with van der Waals surface area (Å²) in [4.78, 5) is 0. The van der Waals surface area contributed by atoms with Crippen molar-refractivity contribution < 1.29 is 1.43 Å². The molecule has 0 N–H and O–H groups in total. The SMILES string of the molecule is C/C=C(\CC(C)/C(C)=C\C=C(C)C)C1CC[C@@H]2[C@@H]1CC[C@@H]1CCCC(C)(CC)CCCC[C@]12C.[HH]. The van der Waals surface area contributed by atoms with Crippen LogP contribution in [0.3, 0.4) is 0 Å². The van der Waals surface area contributed by atoms with E-state index in [-0.39, 0.29) is 1.43 Å². The Morgan fingerprint density at radius 1 is 0.912 bits per heavy atom. The Labute approximate surface area is 215 Å². The Kier molecular flexibility index (Phi) is 9.79. The fourth-order valence-corrected chi connectivity index (χ4v) is 8.41. The van der Waals surface area contributed by atoms with Crippen LogP contribution in [0.25, 0.3) is 0 Å². The first-order valence-corrected chi connectivity index (χ1v) is 15.1. The Bertz CT molecular complexity index is 753. The van der Waals surface area contributed by atoms with E-state index in [1.165, 1.54) is 94.6 Å². The molecule has 0 aromatic heterocycles. The van der Waals surface area contributed by atoms with Gasteiger partial charge in [0.2, 0.25) is 0 Å². The van der Waals surface area contributed by atoms with Crippen LogP contribution < -0.4 is 0 Å². The summed E-state index contributed by atoms with van der Waals surface area (Å²) in [6.07, 6.45) is 26.1. The van der Waals surface area contributed by atoms with Gasteiger partial charge in [-0.2, -0.15) is 0 Å². The molecule has 0 radical (unpaired) electrons. The van der Waals surface area contributed by atoms with Gasteiger partial charge in [0.05, 0.1) is 0 Å². The predicted molar refractivity (Wildman–Crippen MR) is 154 cm³/mol. The molecular formula is C34H60. The Morgan fingerprint density at radius 2 is 1.62 bits per heavy atom. The first-order valence-electron chi connectivity index (χ1n) is 15.1. The molecule has 7 atom stereocenters. The van der Waals surface area contributed by atoms with E-state index in [1.807, 2.05) is 0 Å². The minimum Gasteiger partial charge on any atom is -0.0881 e. The van der Waals surface area contributed by atoms with Gasteiger partial charge in [-0.25, -0.2) is 0 Å². The second-order valence-corrected chi connectivity index (χ2v) is 13.6. The molecule has 196 valence electrons. The van der Waals surface area contributed by atoms with E-state index in [9.17, 15) is 0 Å². The predicted octanol–water partition coefficient (Wildman–Crippen LogP) is 11.3. The molecule has 3 aliphatic carbocycles. The van der Waals surface area contributed by atoms with Crippen LogP contribution >= 0.6 is 0 Å². The molecule has 0 amide bonds. The van der Waals surface area contributed by atoms with Crippen molar-refractivity contribution in [2.75, 3.05) is 0 Å². The van der Waals surface area contributed by atoms with Crippen LogP contribution in [0.4, 0.5) is 0 Å². The van der Waals surface area contributed by atoms with Gasteiger partial charge in [0.25, 0.3) is 0 Å². The van der Waals surface area contributed by atoms with E-state index in [0.29, 0.717) is 16.7 Å². The Hall–Kier alpha value is -0.780. The summed E-state index contributed by atoms with van der Waals surface area (Å²) in [5.41, 5.74) is 5.93. The average Bonchev–Trinajstić information content (AvgIpc) is 3.25. The quantitative estimate of drug-likeness (QED) is 0.268. The zero-order valence-electron chi connectivity index (χ0n) is 24.3. The number of hydrogen-bond donors (Lipinski definition) is 0. The molecule has 3 unspecified atom stereocenters. The standard InChI is InChI=1S/C34H58.H2/c1-9-28(24-27(6)26(5)16-15-25(3)4)30-19-20-32-31(30)18-17-29-14-13-22-33(7,10-2)21-11-12-23-34(29,32)8;/h9,15-16,27,29-32H,10-14,17-24H2,1-8H3;1H/b26-16-,28-9+;/t27?,29-,30?,31+,32+,33?,34+;/m0./s1. The lowest BCUT2D eigenvalue weighted by molar-refractivity contribution is -0.0146. The van der Waals surface area contributed by atoms with Crippen molar-refractivity contribution in [1.82, 2.24) is 0 Å². The lowest BCUT2D eigenvalue weighted by atomic mass is 9.53. The molecular weight excluding hydrogens is 408 g/mol. The molecule has 0 heteroatoms. The van der Waals surface area contributed by atoms with Crippen LogP contribution in [0.5, 0.6) is 0 Å². The highest BCUT2D eigenvalue weighted by molar-refractivity contribution is 5.20. The van der Waals surface area contributed by atoms with Crippen molar-refractivity contribution in [3.05, 3.63) is 34.9 Å². The monoisotopic (exact) mass is 468 g/mol. The van der Waals surface area contributed by atoms with Crippen molar-refractivity contribution in [2.45, 2.75) is 139 Å². The highest BCUT2D eigenvalue weighted by Crippen LogP contribution is 2.61. The van der Waals surface area contributed by atoms with Gasteiger partial charge in [0, 0.05) is 1.43 Å². The summed E-state index contributed by atoms with van der Waals surface area (Å²) in [5, 5.41) is 0. The fraction of sp³-hybridized carbons (Fsp3) is 0.824. The lowest BCUT2D eigenvalue weighted by Crippen LogP contribution is -2.43. The summed E-state index contributed by atoms with van der Waals surface area (Å²) in [6, 6.07) is 0. The smallest absolute Gasteiger partial charge is 0 e. The minimum atomic E-state index is 0. The van der Waals surface area contributed by atoms with E-state index in [4.69, 9.17) is 0 Å². The highest BCUT2D eigenvalue weighted by Gasteiger charge is 2.52. The van der Waals surface area contributed by atoms with Crippen molar-refractivity contribution >= 4 is 0 Å². The molecule has 0 saturated heterocycles. The van der Waals surface area contributed by atoms with Crippen LogP contribution in [0.15, 0.2) is 34.9 Å². The van der Waals surface area contributed by atoms with E-state index in [2.05, 4.69) is 73.6 Å². The second kappa shape index (κ2) is 12.0. The van der Waals surface area contributed by atoms with E-state index in [0.717, 1.165) is 23.7 Å². The molecule has 0 nitrogen and oxygen atoms in total. The number of allylic oxidation sites excluding steroid dienone is 6. The van der Waals surface area contributed by atoms with Crippen LogP contribution in [-0.2, 0) is 0 Å². The van der Waals surface area contributed by atoms with Crippen LogP contribution in [0, 0.1) is 40.4 Å². The van der Waals surface area contributed by atoms with Crippen molar-refractivity contribution in [3.63, 3.8) is 0 Å². The van der Waals surface area contributed by atoms with Crippen molar-refractivity contribution in [2.24, 2.45) is 40.4 Å². The van der Waals surface area contributed by atoms with Crippen LogP contribution in [-0.4, -0.2) is 0 Å². The zero-order chi connectivity index (χ0) is 24.9. The van der Waals surface area contributed by atoms with E-state index >= 15 is 0 Å². The fourth-order valence-electron chi connectivity index (χ4n) is 8.41. The Morgan fingerprint density at radius 3 is 2.29 bits per heavy atom. The van der Waals surface area contributed by atoms with E-state index < -0.39 is 0 Å². The molecule has 0 aromatic carbocycles. The van der Waals surface area contributed by atoms with Gasteiger partial charge in [0.1, 0.15) is 0 Å². The van der Waals surface area contributed by atoms with Crippen molar-refractivity contribution in [3.8, 4) is 0 Å². The largest absolute Gasteiger partial charge is 0.0881 e. The molecule has 0 aliphatic heterocycles. The maximum atomic E-state index is 2.75. The molecule has 0 spiro atoms. The molecule has 3 aliphatic rings. The average molecular weight is 469 g/mol. The molecule has 0 aromatic rings. The van der Waals surface area contributed by atoms with Crippen molar-refractivity contribution in [1.29, 1.82) is 0 Å². The van der Waals surface area contributed by atoms with Gasteiger partial charge in [-0.1, -0.05) is 88.3 Å². The maximum Gasteiger partial charge on any atom is 0 e. The van der Waals surface area contributed by atoms with Gasteiger partial charge in [-0.3, -0.25) is 0 Å². The molecule has 3 saturated carbocycles. The van der Waals surface area contributed by atoms with Crippen LogP contribution in [0.1, 0.15) is 140 Å². The zero-order valence-corrected chi connectivity index (χ0v) is 24.3. The van der Waals surface area contributed by atoms with Gasteiger partial charge in [0.15, 0.2) is 0 Å². The normalized spacial score (nSPS) is 38.6. The van der Waals surface area contributed by atoms with Gasteiger partial charge in [-0.15, -0.1) is 0 Å². The first kappa shape index (κ1) is 27.8. The number of hydrogen-bond acceptors (Lipinski definition) is 0. The third kappa shape index (κ3) is 6.31. The summed E-state index contributed by atoms with van der Waals surface area (Å²) in [6.45, 7) is 19.3. The molecule has 0 heterocycles. The van der Waals surface area contributed by atoms with Gasteiger partial charge in [-0.05, 0) is 126 Å². The first-order chi connectivity index (χ1) is 16.1. The minimum absolute atomic E-state index is 0. The molecule has 3 fully saturated rings. The van der Waals surface area contributed by atoms with Gasteiger partial charge >= 0.3 is 0 Å².